The lowest BCUT2D eigenvalue weighted by molar-refractivity contribution is -0.146. The zero-order valence-corrected chi connectivity index (χ0v) is 6.43. The number of rotatable bonds is 1. The van der Waals surface area contributed by atoms with Crippen LogP contribution in [0.15, 0.2) is 23.8 Å². The van der Waals surface area contributed by atoms with E-state index in [1.54, 1.807) is 0 Å². The number of aliphatic carboxylic acids is 1. The van der Waals surface area contributed by atoms with Gasteiger partial charge in [-0.15, -0.1) is 0 Å². The van der Waals surface area contributed by atoms with Gasteiger partial charge < -0.3 is 20.7 Å². The highest BCUT2D eigenvalue weighted by Gasteiger charge is 2.30. The van der Waals surface area contributed by atoms with E-state index in [2.05, 4.69) is 4.74 Å². The summed E-state index contributed by atoms with van der Waals surface area (Å²) in [5.74, 6) is -3.17. The van der Waals surface area contributed by atoms with Crippen molar-refractivity contribution in [2.45, 2.75) is 6.10 Å². The summed E-state index contributed by atoms with van der Waals surface area (Å²) in [6, 6.07) is 0. The first-order chi connectivity index (χ1) is 6.06. The molecule has 13 heavy (non-hydrogen) atoms. The molecule has 0 aliphatic carbocycles. The summed E-state index contributed by atoms with van der Waals surface area (Å²) >= 11 is 0. The number of hydrogen-bond acceptors (Lipinski definition) is 5. The van der Waals surface area contributed by atoms with Gasteiger partial charge in [-0.1, -0.05) is 0 Å². The molecule has 1 aliphatic heterocycles. The van der Waals surface area contributed by atoms with Crippen molar-refractivity contribution in [3.05, 3.63) is 23.8 Å². The highest BCUT2D eigenvalue weighted by atomic mass is 16.5. The van der Waals surface area contributed by atoms with Gasteiger partial charge in [0.25, 0.3) is 5.78 Å². The van der Waals surface area contributed by atoms with Crippen molar-refractivity contribution in [1.82, 2.24) is 0 Å². The van der Waals surface area contributed by atoms with Crippen LogP contribution in [-0.2, 0) is 14.3 Å². The van der Waals surface area contributed by atoms with Crippen molar-refractivity contribution < 1.29 is 24.5 Å². The van der Waals surface area contributed by atoms with E-state index in [0.29, 0.717) is 0 Å². The number of nitrogens with two attached hydrogens (primary N) is 1. The van der Waals surface area contributed by atoms with Crippen molar-refractivity contribution in [2.24, 2.45) is 5.73 Å². The zero-order chi connectivity index (χ0) is 10.0. The molecule has 4 N–H and O–H groups in total. The van der Waals surface area contributed by atoms with Crippen LogP contribution in [0, 0.1) is 0 Å². The van der Waals surface area contributed by atoms with E-state index in [1.165, 1.54) is 0 Å². The highest BCUT2D eigenvalue weighted by molar-refractivity contribution is 6.06. The topological polar surface area (TPSA) is 110 Å². The first-order valence-corrected chi connectivity index (χ1v) is 3.33. The molecule has 0 amide bonds. The summed E-state index contributed by atoms with van der Waals surface area (Å²) in [6.07, 6.45) is 0.242. The predicted octanol–water partition coefficient (Wildman–Crippen LogP) is -0.719. The number of Topliss-reactive ketones (excluding diaryl/α,β-unsaturated/α-hetero) is 1. The lowest BCUT2D eigenvalue weighted by atomic mass is 10.1. The average molecular weight is 185 g/mol. The summed E-state index contributed by atoms with van der Waals surface area (Å²) in [6.45, 7) is 0. The van der Waals surface area contributed by atoms with Crippen LogP contribution in [0.2, 0.25) is 0 Å². The van der Waals surface area contributed by atoms with Gasteiger partial charge in [-0.25, -0.2) is 4.79 Å². The van der Waals surface area contributed by atoms with E-state index in [1.807, 2.05) is 0 Å². The predicted molar refractivity (Wildman–Crippen MR) is 40.5 cm³/mol. The summed E-state index contributed by atoms with van der Waals surface area (Å²) in [5, 5.41) is 17.5. The molecular weight excluding hydrogens is 178 g/mol. The Morgan fingerprint density at radius 1 is 1.69 bits per heavy atom. The fraction of sp³-hybridized carbons (Fsp3) is 0.143. The highest BCUT2D eigenvalue weighted by Crippen LogP contribution is 2.16. The van der Waals surface area contributed by atoms with Crippen LogP contribution in [0.25, 0.3) is 0 Å². The Balaban J connectivity index is 3.01. The van der Waals surface area contributed by atoms with E-state index in [-0.39, 0.29) is 5.76 Å². The lowest BCUT2D eigenvalue weighted by Crippen LogP contribution is -2.30. The van der Waals surface area contributed by atoms with Crippen molar-refractivity contribution in [3.8, 4) is 0 Å². The lowest BCUT2D eigenvalue weighted by Gasteiger charge is -2.17. The molecule has 0 saturated carbocycles. The van der Waals surface area contributed by atoms with Crippen LogP contribution in [0.1, 0.15) is 0 Å². The third-order valence-corrected chi connectivity index (χ3v) is 1.41. The molecule has 1 heterocycles. The second-order valence-corrected chi connectivity index (χ2v) is 2.29. The molecule has 6 nitrogen and oxygen atoms in total. The van der Waals surface area contributed by atoms with Crippen molar-refractivity contribution in [3.63, 3.8) is 0 Å². The molecule has 1 aliphatic rings. The molecule has 70 valence electrons. The Morgan fingerprint density at radius 3 is 2.77 bits per heavy atom. The van der Waals surface area contributed by atoms with Crippen LogP contribution >= 0.6 is 0 Å². The smallest absolute Gasteiger partial charge is 0.349 e. The number of carboxylic acid groups (broad SMARTS) is 1. The fourth-order valence-corrected chi connectivity index (χ4v) is 0.806. The number of aliphatic hydroxyl groups is 1. The summed E-state index contributed by atoms with van der Waals surface area (Å²) < 4.78 is 4.63. The minimum absolute atomic E-state index is 0.368. The Hall–Kier alpha value is -1.98. The van der Waals surface area contributed by atoms with E-state index in [0.717, 1.165) is 12.3 Å². The third-order valence-electron chi connectivity index (χ3n) is 1.41. The SMILES string of the molecule is N/C=C1/OC(C(=O)O)C=C(O)C1=O. The molecule has 0 aromatic carbocycles. The molecule has 0 spiro atoms. The van der Waals surface area contributed by atoms with Gasteiger partial charge in [0.05, 0.1) is 0 Å². The number of aliphatic hydroxyl groups excluding tert-OH is 1. The molecular formula is C7H7NO5. The number of carbonyl (C=O) groups excluding carboxylic acids is 1. The maximum atomic E-state index is 10.9. The van der Waals surface area contributed by atoms with Gasteiger partial charge in [-0.05, 0) is 0 Å². The molecule has 1 unspecified atom stereocenters. The van der Waals surface area contributed by atoms with E-state index in [9.17, 15) is 9.59 Å². The van der Waals surface area contributed by atoms with Crippen LogP contribution in [0.3, 0.4) is 0 Å². The Labute approximate surface area is 72.9 Å². The maximum Gasteiger partial charge on any atom is 0.349 e. The average Bonchev–Trinajstić information content (AvgIpc) is 2.09. The minimum Gasteiger partial charge on any atom is -0.504 e. The minimum atomic E-state index is -1.37. The normalized spacial score (nSPS) is 25.2. The van der Waals surface area contributed by atoms with Crippen molar-refractivity contribution in [2.75, 3.05) is 0 Å². The van der Waals surface area contributed by atoms with Crippen molar-refractivity contribution >= 4 is 11.8 Å². The second-order valence-electron chi connectivity index (χ2n) is 2.29. The quantitative estimate of drug-likeness (QED) is 0.465. The monoisotopic (exact) mass is 185 g/mol. The molecule has 1 rings (SSSR count). The molecule has 1 atom stereocenters. The van der Waals surface area contributed by atoms with E-state index in [4.69, 9.17) is 15.9 Å². The van der Waals surface area contributed by atoms with Gasteiger partial charge in [0.2, 0.25) is 6.10 Å². The fourth-order valence-electron chi connectivity index (χ4n) is 0.806. The van der Waals surface area contributed by atoms with Gasteiger partial charge >= 0.3 is 5.97 Å². The number of ether oxygens (including phenoxy) is 1. The number of hydrogen-bond donors (Lipinski definition) is 3. The van der Waals surface area contributed by atoms with Crippen LogP contribution < -0.4 is 5.73 Å². The molecule has 0 aromatic rings. The summed E-state index contributed by atoms with van der Waals surface area (Å²) in [5.41, 5.74) is 4.98. The zero-order valence-electron chi connectivity index (χ0n) is 6.43. The van der Waals surface area contributed by atoms with Gasteiger partial charge in [0.1, 0.15) is 0 Å². The molecule has 6 heteroatoms. The van der Waals surface area contributed by atoms with E-state index < -0.39 is 23.6 Å². The van der Waals surface area contributed by atoms with Gasteiger partial charge in [-0.2, -0.15) is 0 Å². The van der Waals surface area contributed by atoms with Crippen molar-refractivity contribution in [1.29, 1.82) is 0 Å². The van der Waals surface area contributed by atoms with Gasteiger partial charge in [-0.3, -0.25) is 4.79 Å². The van der Waals surface area contributed by atoms with Gasteiger partial charge in [0, 0.05) is 12.3 Å². The third kappa shape index (κ3) is 1.61. The maximum absolute atomic E-state index is 10.9. The summed E-state index contributed by atoms with van der Waals surface area (Å²) in [4.78, 5) is 21.3. The molecule has 0 saturated heterocycles. The standard InChI is InChI=1S/C7H7NO5/c8-2-5-6(10)3(9)1-4(13-5)7(11)12/h1-2,4,9H,8H2,(H,11,12)/b5-2+. The largest absolute Gasteiger partial charge is 0.504 e. The first kappa shape index (κ1) is 9.11. The number of ketones is 1. The molecule has 0 aromatic heterocycles. The Kier molecular flexibility index (Phi) is 2.23. The van der Waals surface area contributed by atoms with Crippen LogP contribution in [-0.4, -0.2) is 28.1 Å². The number of carboxylic acids is 1. The van der Waals surface area contributed by atoms with Crippen LogP contribution in [0.5, 0.6) is 0 Å². The van der Waals surface area contributed by atoms with Crippen LogP contribution in [0.4, 0.5) is 0 Å². The molecule has 0 bridgehead atoms. The molecule has 0 radical (unpaired) electrons. The number of carbonyl (C=O) groups is 2. The molecule has 0 fully saturated rings. The van der Waals surface area contributed by atoms with E-state index >= 15 is 0 Å². The Morgan fingerprint density at radius 2 is 2.31 bits per heavy atom. The second kappa shape index (κ2) is 3.18. The first-order valence-electron chi connectivity index (χ1n) is 3.33. The summed E-state index contributed by atoms with van der Waals surface area (Å²) in [7, 11) is 0. The van der Waals surface area contributed by atoms with Gasteiger partial charge in [0.15, 0.2) is 11.5 Å². The Bertz CT molecular complexity index is 317.